The number of pyridine rings is 1. The molecule has 3 heterocycles. The van der Waals surface area contributed by atoms with Crippen molar-refractivity contribution in [3.05, 3.63) is 309 Å². The molecule has 0 aliphatic carbocycles. The molecule has 0 aliphatic rings. The van der Waals surface area contributed by atoms with Crippen LogP contribution in [-0.2, 0) is 5.41 Å². The summed E-state index contributed by atoms with van der Waals surface area (Å²) >= 11 is 0. The highest BCUT2D eigenvalue weighted by atomic mass is 28.3. The van der Waals surface area contributed by atoms with Gasteiger partial charge in [-0.1, -0.05) is 251 Å². The zero-order chi connectivity index (χ0) is 63.9. The molecule has 0 unspecified atom stereocenters. The fraction of sp³-hybridized carbons (Fsp3) is 0.0526. The second-order valence-electron chi connectivity index (χ2n) is 21.4. The summed E-state index contributed by atoms with van der Waals surface area (Å²) in [5.74, 6) is 1.82. The molecule has 14 aromatic rings. The van der Waals surface area contributed by atoms with E-state index in [1.807, 2.05) is 89.6 Å². The van der Waals surface area contributed by atoms with E-state index in [4.69, 9.17) is 17.9 Å². The molecule has 0 aliphatic heterocycles. The van der Waals surface area contributed by atoms with Crippen LogP contribution < -0.4 is 30.1 Å². The van der Waals surface area contributed by atoms with Gasteiger partial charge in [0.05, 0.1) is 47.1 Å². The molecular formula is C76H58N4OSi. The summed E-state index contributed by atoms with van der Waals surface area (Å²) < 4.78 is 103. The zero-order valence-corrected chi connectivity index (χ0v) is 46.2. The SMILES string of the molecule is [2H]c1c([2H])c([2H])c(-c2cccc(-c3c([2H])c([2H])c([2H])c([2H])c3[2H])c2-[n+]2[c-]n(-c3cccc(Oc4ccc5c6cc(-c7ccccc7)ccc6n(-c6cc(C(C)(C)C)ccn6)c5c4)c3)c3cc([Si](c4ccccc4)(c4ccccc4)c4ccccc4)ccc32)c([2H])c1[2H]. The predicted octanol–water partition coefficient (Wildman–Crippen LogP) is 15.7. The number of ether oxygens (including phenoxy) is 1. The number of aromatic nitrogens is 4. The van der Waals surface area contributed by atoms with E-state index in [0.717, 1.165) is 65.1 Å². The summed E-state index contributed by atoms with van der Waals surface area (Å²) in [6.07, 6.45) is 5.53. The smallest absolute Gasteiger partial charge is 0.269 e. The molecule has 3 aromatic heterocycles. The van der Waals surface area contributed by atoms with Crippen LogP contribution in [0.2, 0.25) is 0 Å². The summed E-state index contributed by atoms with van der Waals surface area (Å²) in [7, 11) is -3.25. The predicted molar refractivity (Wildman–Crippen MR) is 341 cm³/mol. The fourth-order valence-electron chi connectivity index (χ4n) is 11.7. The maximum Gasteiger partial charge on any atom is 0.269 e. The van der Waals surface area contributed by atoms with Gasteiger partial charge in [0.2, 0.25) is 0 Å². The van der Waals surface area contributed by atoms with Gasteiger partial charge in [-0.25, -0.2) is 4.98 Å². The maximum atomic E-state index is 9.38. The van der Waals surface area contributed by atoms with Gasteiger partial charge in [-0.2, -0.15) is 0 Å². The molecule has 5 nitrogen and oxygen atoms in total. The quantitative estimate of drug-likeness (QED) is 0.0529. The van der Waals surface area contributed by atoms with E-state index in [2.05, 4.69) is 165 Å². The second kappa shape index (κ2) is 20.8. The first-order valence-electron chi connectivity index (χ1n) is 32.3. The van der Waals surface area contributed by atoms with Crippen molar-refractivity contribution in [2.45, 2.75) is 26.2 Å². The third-order valence-corrected chi connectivity index (χ3v) is 20.3. The average molecular weight is 1080 g/mol. The number of rotatable bonds is 12. The summed E-state index contributed by atoms with van der Waals surface area (Å²) in [5.41, 5.74) is 6.98. The Morgan fingerprint density at radius 3 is 1.68 bits per heavy atom. The average Bonchev–Trinajstić information content (AvgIpc) is 1.44. The van der Waals surface area contributed by atoms with Crippen molar-refractivity contribution in [2.24, 2.45) is 0 Å². The largest absolute Gasteiger partial charge is 0.458 e. The van der Waals surface area contributed by atoms with Crippen molar-refractivity contribution in [3.8, 4) is 62.1 Å². The number of imidazole rings is 1. The fourth-order valence-corrected chi connectivity index (χ4v) is 16.4. The van der Waals surface area contributed by atoms with E-state index in [1.54, 1.807) is 22.8 Å². The zero-order valence-electron chi connectivity index (χ0n) is 55.2. The van der Waals surface area contributed by atoms with Gasteiger partial charge < -0.3 is 4.74 Å². The Balaban J connectivity index is 1.03. The molecule has 0 saturated carbocycles. The Hall–Kier alpha value is -10.1. The Labute approximate surface area is 494 Å². The molecule has 14 rings (SSSR count). The summed E-state index contributed by atoms with van der Waals surface area (Å²) in [5, 5.41) is 6.46. The number of benzene rings is 11. The van der Waals surface area contributed by atoms with Crippen molar-refractivity contribution in [1.29, 1.82) is 0 Å². The highest BCUT2D eigenvalue weighted by Crippen LogP contribution is 2.39. The van der Waals surface area contributed by atoms with Gasteiger partial charge in [0.1, 0.15) is 17.3 Å². The molecule has 11 aromatic carbocycles. The molecule has 0 fully saturated rings. The van der Waals surface area contributed by atoms with Gasteiger partial charge in [0.15, 0.2) is 8.07 Å². The van der Waals surface area contributed by atoms with Crippen molar-refractivity contribution in [3.63, 3.8) is 0 Å². The highest BCUT2D eigenvalue weighted by Gasteiger charge is 2.41. The minimum Gasteiger partial charge on any atom is -0.458 e. The number of fused-ring (bicyclic) bond motifs is 4. The maximum absolute atomic E-state index is 9.38. The van der Waals surface area contributed by atoms with Gasteiger partial charge >= 0.3 is 0 Å². The van der Waals surface area contributed by atoms with E-state index in [1.165, 1.54) is 0 Å². The summed E-state index contributed by atoms with van der Waals surface area (Å²) in [6.45, 7) is 6.58. The van der Waals surface area contributed by atoms with Crippen LogP contribution in [0, 0.1) is 6.33 Å². The number of hydrogen-bond acceptors (Lipinski definition) is 2. The van der Waals surface area contributed by atoms with Crippen LogP contribution in [-0.4, -0.2) is 22.2 Å². The third-order valence-electron chi connectivity index (χ3n) is 15.5. The van der Waals surface area contributed by atoms with E-state index >= 15 is 0 Å². The number of nitrogens with zero attached hydrogens (tertiary/aromatic N) is 4. The lowest BCUT2D eigenvalue weighted by molar-refractivity contribution is -0.571. The highest BCUT2D eigenvalue weighted by molar-refractivity contribution is 7.20. The molecule has 0 radical (unpaired) electrons. The molecule has 0 amide bonds. The normalized spacial score (nSPS) is 13.5. The molecule has 82 heavy (non-hydrogen) atoms. The van der Waals surface area contributed by atoms with Crippen molar-refractivity contribution >= 4 is 61.7 Å². The van der Waals surface area contributed by atoms with Crippen LogP contribution in [0.1, 0.15) is 40.0 Å². The van der Waals surface area contributed by atoms with Crippen LogP contribution in [0.3, 0.4) is 0 Å². The van der Waals surface area contributed by atoms with Crippen LogP contribution in [0.5, 0.6) is 11.5 Å². The first-order valence-corrected chi connectivity index (χ1v) is 29.3. The lowest BCUT2D eigenvalue weighted by atomic mass is 9.88. The van der Waals surface area contributed by atoms with Gasteiger partial charge in [-0.3, -0.25) is 13.7 Å². The summed E-state index contributed by atoms with van der Waals surface area (Å²) in [4.78, 5) is 4.97. The van der Waals surface area contributed by atoms with Crippen molar-refractivity contribution in [2.75, 3.05) is 0 Å². The van der Waals surface area contributed by atoms with E-state index in [9.17, 15) is 5.48 Å². The van der Waals surface area contributed by atoms with E-state index in [0.29, 0.717) is 28.2 Å². The molecule has 0 spiro atoms. The molecule has 0 bridgehead atoms. The molecule has 0 N–H and O–H groups in total. The van der Waals surface area contributed by atoms with Crippen LogP contribution >= 0.6 is 0 Å². The monoisotopic (exact) mass is 1080 g/mol. The molecule has 6 heteroatoms. The van der Waals surface area contributed by atoms with Gasteiger partial charge in [-0.15, -0.1) is 0 Å². The number of para-hydroxylation sites is 1. The van der Waals surface area contributed by atoms with Gasteiger partial charge in [0.25, 0.3) is 6.33 Å². The molecule has 392 valence electrons. The molecule has 0 saturated heterocycles. The summed E-state index contributed by atoms with van der Waals surface area (Å²) in [6, 6.07) is 72.2. The minimum absolute atomic E-state index is 0.138. The van der Waals surface area contributed by atoms with E-state index in [-0.39, 0.29) is 33.4 Å². The van der Waals surface area contributed by atoms with Crippen LogP contribution in [0.25, 0.3) is 83.4 Å². The van der Waals surface area contributed by atoms with Gasteiger partial charge in [0, 0.05) is 23.0 Å². The van der Waals surface area contributed by atoms with Crippen molar-refractivity contribution in [1.82, 2.24) is 14.1 Å². The molecular weight excluding hydrogens is 1010 g/mol. The Morgan fingerprint density at radius 2 is 1.06 bits per heavy atom. The minimum atomic E-state index is -3.25. The van der Waals surface area contributed by atoms with Crippen molar-refractivity contribution < 1.29 is 23.0 Å². The number of hydrogen-bond donors (Lipinski definition) is 0. The Bertz CT molecular complexity index is 5010. The second-order valence-corrected chi connectivity index (χ2v) is 25.2. The van der Waals surface area contributed by atoms with E-state index < -0.39 is 68.5 Å². The lowest BCUT2D eigenvalue weighted by Crippen LogP contribution is -2.74. The Morgan fingerprint density at radius 1 is 0.463 bits per heavy atom. The van der Waals surface area contributed by atoms with Gasteiger partial charge in [-0.05, 0) is 120 Å². The first kappa shape index (κ1) is 40.1. The standard InChI is InChI=1S/C76H58N4OSi/c1-76(2,3)58-46-47-77-74(49-58)80-70-44-40-57(54-24-10-4-11-25-54)48-69(70)68-43-41-61(51-72(68)80)81-60-31-22-30-59(50-60)78-53-79(75-66(55-26-12-5-13-27-55)38-23-39-67(75)56-28-14-6-15-29-56)71-45-42-65(52-73(71)78)82(62-32-16-7-17-33-62,63-34-18-8-19-35-63)64-36-20-9-21-37-64/h4-52H,1-3H3/i5D,6D,12D,13D,14D,15D,26D,27D,28D,29D. The van der Waals surface area contributed by atoms with Crippen LogP contribution in [0.15, 0.2) is 297 Å². The first-order chi connectivity index (χ1) is 44.4. The molecule has 0 atom stereocenters. The van der Waals surface area contributed by atoms with Crippen LogP contribution in [0.4, 0.5) is 0 Å². The third kappa shape index (κ3) is 8.90. The Kier molecular flexibility index (Phi) is 10.2. The topological polar surface area (TPSA) is 35.9 Å². The lowest BCUT2D eigenvalue weighted by Gasteiger charge is -2.34.